The van der Waals surface area contributed by atoms with Gasteiger partial charge in [-0.25, -0.2) is 4.79 Å². The van der Waals surface area contributed by atoms with E-state index >= 15 is 0 Å². The number of nitrogens with one attached hydrogen (secondary N) is 1. The van der Waals surface area contributed by atoms with Gasteiger partial charge in [-0.05, 0) is 18.9 Å². The predicted molar refractivity (Wildman–Crippen MR) is 96.1 cm³/mol. The number of hydrogen-bond donors (Lipinski definition) is 3. The van der Waals surface area contributed by atoms with Crippen LogP contribution < -0.4 is 15.0 Å². The van der Waals surface area contributed by atoms with Crippen molar-refractivity contribution in [3.05, 3.63) is 10.9 Å². The van der Waals surface area contributed by atoms with Crippen molar-refractivity contribution in [2.24, 2.45) is 0 Å². The highest BCUT2D eigenvalue weighted by Gasteiger charge is 2.38. The minimum absolute atomic E-state index is 0.00227. The molecule has 0 radical (unpaired) electrons. The zero-order valence-corrected chi connectivity index (χ0v) is 15.8. The van der Waals surface area contributed by atoms with Crippen LogP contribution in [0.5, 0.6) is 6.01 Å². The number of carboxylic acid groups (broad SMARTS) is 1. The molecule has 0 bridgehead atoms. The van der Waals surface area contributed by atoms with Crippen molar-refractivity contribution in [3.63, 3.8) is 0 Å². The molecule has 8 nitrogen and oxygen atoms in total. The van der Waals surface area contributed by atoms with Crippen LogP contribution in [0.4, 0.5) is 23.8 Å². The molecule has 0 aliphatic heterocycles. The lowest BCUT2D eigenvalue weighted by atomic mass is 10.1. The second kappa shape index (κ2) is 7.59. The first-order chi connectivity index (χ1) is 13.1. The van der Waals surface area contributed by atoms with Crippen molar-refractivity contribution in [1.82, 2.24) is 15.3 Å². The van der Waals surface area contributed by atoms with Crippen LogP contribution in [0.15, 0.2) is 6.07 Å². The number of fused-ring (bicyclic) bond motifs is 1. The Morgan fingerprint density at radius 2 is 2.14 bits per heavy atom. The van der Waals surface area contributed by atoms with E-state index in [4.69, 9.17) is 9.84 Å². The van der Waals surface area contributed by atoms with Gasteiger partial charge in [0.25, 0.3) is 0 Å². The molecule has 0 saturated heterocycles. The molecule has 1 aliphatic carbocycles. The van der Waals surface area contributed by atoms with Gasteiger partial charge in [0.05, 0.1) is 31.1 Å². The summed E-state index contributed by atoms with van der Waals surface area (Å²) in [6.07, 6.45) is -6.86. The lowest BCUT2D eigenvalue weighted by Crippen LogP contribution is -2.39. The van der Waals surface area contributed by atoms with Crippen LogP contribution in [0.1, 0.15) is 17.7 Å². The smallest absolute Gasteiger partial charge is 0.404 e. The number of hydrogen-bond acceptors (Lipinski definition) is 7. The predicted octanol–water partition coefficient (Wildman–Crippen LogP) is 2.40. The van der Waals surface area contributed by atoms with Gasteiger partial charge in [-0.2, -0.15) is 23.1 Å². The normalized spacial score (nSPS) is 22.4. The van der Waals surface area contributed by atoms with E-state index < -0.39 is 36.9 Å². The average molecular weight is 420 g/mol. The quantitative estimate of drug-likeness (QED) is 0.682. The number of aromatic nitrogens is 2. The number of rotatable bonds is 5. The van der Waals surface area contributed by atoms with Gasteiger partial charge in [0, 0.05) is 18.0 Å². The Hall–Kier alpha value is -2.34. The fourth-order valence-corrected chi connectivity index (χ4v) is 4.49. The first-order valence-corrected chi connectivity index (χ1v) is 9.20. The molecular weight excluding hydrogens is 401 g/mol. The standard InChI is InChI=1S/C16H19F3N4O4S/c1-23(10-3-7(4-11(10)24)20-15(25)26)12-9-5-8(6-16(17,18)19)28-13(9)22-14(21-12)27-2/h5,7,10-11,20,24H,3-4,6H2,1-2H3,(H,25,26)/t7-,10+,11-/m1/s1. The number of anilines is 1. The van der Waals surface area contributed by atoms with E-state index in [1.165, 1.54) is 13.2 Å². The van der Waals surface area contributed by atoms with E-state index in [2.05, 4.69) is 15.3 Å². The maximum Gasteiger partial charge on any atom is 0.404 e. The van der Waals surface area contributed by atoms with E-state index in [0.717, 1.165) is 11.3 Å². The summed E-state index contributed by atoms with van der Waals surface area (Å²) in [5.74, 6) is 0.326. The molecule has 12 heteroatoms. The van der Waals surface area contributed by atoms with Crippen LogP contribution in [0, 0.1) is 0 Å². The number of aliphatic hydroxyl groups excluding tert-OH is 1. The first kappa shape index (κ1) is 20.4. The summed E-state index contributed by atoms with van der Waals surface area (Å²) in [6, 6.07) is 0.503. The van der Waals surface area contributed by atoms with Crippen LogP contribution in [-0.2, 0) is 6.42 Å². The van der Waals surface area contributed by atoms with Gasteiger partial charge >= 0.3 is 18.3 Å². The first-order valence-electron chi connectivity index (χ1n) is 8.39. The summed E-state index contributed by atoms with van der Waals surface area (Å²) in [5, 5.41) is 22.0. The summed E-state index contributed by atoms with van der Waals surface area (Å²) < 4.78 is 43.4. The number of amides is 1. The van der Waals surface area contributed by atoms with E-state index in [0.29, 0.717) is 22.5 Å². The van der Waals surface area contributed by atoms with Crippen molar-refractivity contribution < 1.29 is 32.9 Å². The summed E-state index contributed by atoms with van der Waals surface area (Å²) in [5.41, 5.74) is 0. The van der Waals surface area contributed by atoms with Crippen molar-refractivity contribution in [2.45, 2.75) is 43.6 Å². The molecule has 0 aromatic carbocycles. The number of halogens is 3. The Kier molecular flexibility index (Phi) is 5.53. The molecule has 2 heterocycles. The third kappa shape index (κ3) is 4.38. The largest absolute Gasteiger partial charge is 0.467 e. The molecule has 28 heavy (non-hydrogen) atoms. The summed E-state index contributed by atoms with van der Waals surface area (Å²) in [4.78, 5) is 21.3. The third-order valence-electron chi connectivity index (χ3n) is 4.62. The fraction of sp³-hybridized carbons (Fsp3) is 0.562. The number of carbonyl (C=O) groups is 1. The van der Waals surface area contributed by atoms with Gasteiger partial charge < -0.3 is 25.2 Å². The Morgan fingerprint density at radius 3 is 2.75 bits per heavy atom. The number of ether oxygens (including phenoxy) is 1. The molecule has 1 fully saturated rings. The maximum absolute atomic E-state index is 12.8. The van der Waals surface area contributed by atoms with E-state index in [9.17, 15) is 23.1 Å². The number of methoxy groups -OCH3 is 1. The zero-order chi connectivity index (χ0) is 20.6. The van der Waals surface area contributed by atoms with Gasteiger partial charge in [0.1, 0.15) is 10.6 Å². The molecule has 1 amide bonds. The molecule has 1 saturated carbocycles. The summed E-state index contributed by atoms with van der Waals surface area (Å²) in [7, 11) is 3.01. The number of alkyl halides is 3. The van der Waals surface area contributed by atoms with Crippen molar-refractivity contribution >= 4 is 33.5 Å². The SMILES string of the molecule is COc1nc(N(C)[C@H]2C[C@@H](NC(=O)O)C[C@H]2O)c2cc(CC(F)(F)F)sc2n1. The Bertz CT molecular complexity index is 875. The zero-order valence-electron chi connectivity index (χ0n) is 15.0. The molecule has 154 valence electrons. The number of likely N-dealkylation sites (N-methyl/N-ethyl adjacent to an activating group) is 1. The van der Waals surface area contributed by atoms with Gasteiger partial charge in [-0.3, -0.25) is 0 Å². The molecule has 3 atom stereocenters. The maximum atomic E-state index is 12.8. The van der Waals surface area contributed by atoms with Crippen molar-refractivity contribution in [2.75, 3.05) is 19.1 Å². The Morgan fingerprint density at radius 1 is 1.43 bits per heavy atom. The Labute approximate surface area is 162 Å². The monoisotopic (exact) mass is 420 g/mol. The minimum Gasteiger partial charge on any atom is -0.467 e. The highest BCUT2D eigenvalue weighted by atomic mass is 32.1. The number of thiophene rings is 1. The lowest BCUT2D eigenvalue weighted by Gasteiger charge is -2.28. The molecule has 0 unspecified atom stereocenters. The van der Waals surface area contributed by atoms with Gasteiger partial charge in [0.2, 0.25) is 0 Å². The topological polar surface area (TPSA) is 108 Å². The van der Waals surface area contributed by atoms with Gasteiger partial charge in [0.15, 0.2) is 0 Å². The van der Waals surface area contributed by atoms with Crippen LogP contribution in [-0.4, -0.2) is 64.8 Å². The number of aliphatic hydroxyl groups is 1. The summed E-state index contributed by atoms with van der Waals surface area (Å²) in [6.45, 7) is 0. The van der Waals surface area contributed by atoms with Crippen LogP contribution in [0.3, 0.4) is 0 Å². The highest BCUT2D eigenvalue weighted by Crippen LogP contribution is 2.37. The third-order valence-corrected chi connectivity index (χ3v) is 5.64. The molecule has 3 N–H and O–H groups in total. The molecular formula is C16H19F3N4O4S. The molecule has 0 spiro atoms. The van der Waals surface area contributed by atoms with Crippen LogP contribution in [0.25, 0.3) is 10.2 Å². The second-order valence-electron chi connectivity index (χ2n) is 6.62. The summed E-state index contributed by atoms with van der Waals surface area (Å²) >= 11 is 0.907. The molecule has 2 aromatic rings. The van der Waals surface area contributed by atoms with Crippen molar-refractivity contribution in [1.29, 1.82) is 0 Å². The molecule has 2 aromatic heterocycles. The number of nitrogens with zero attached hydrogens (tertiary/aromatic N) is 3. The lowest BCUT2D eigenvalue weighted by molar-refractivity contribution is -0.126. The fourth-order valence-electron chi connectivity index (χ4n) is 3.44. The van der Waals surface area contributed by atoms with Gasteiger partial charge in [-0.1, -0.05) is 0 Å². The van der Waals surface area contributed by atoms with Crippen LogP contribution >= 0.6 is 11.3 Å². The van der Waals surface area contributed by atoms with Crippen LogP contribution in [0.2, 0.25) is 0 Å². The molecule has 3 rings (SSSR count). The van der Waals surface area contributed by atoms with E-state index in [1.54, 1.807) is 11.9 Å². The Balaban J connectivity index is 1.95. The van der Waals surface area contributed by atoms with Gasteiger partial charge in [-0.15, -0.1) is 11.3 Å². The second-order valence-corrected chi connectivity index (χ2v) is 7.74. The molecule has 1 aliphatic rings. The average Bonchev–Trinajstić information content (AvgIpc) is 3.13. The van der Waals surface area contributed by atoms with Crippen molar-refractivity contribution in [3.8, 4) is 6.01 Å². The highest BCUT2D eigenvalue weighted by molar-refractivity contribution is 7.18. The minimum atomic E-state index is -4.35. The van der Waals surface area contributed by atoms with E-state index in [1.807, 2.05) is 0 Å². The van der Waals surface area contributed by atoms with E-state index in [-0.39, 0.29) is 17.3 Å².